The van der Waals surface area contributed by atoms with Crippen LogP contribution in [0, 0.1) is 0 Å². The van der Waals surface area contributed by atoms with Crippen LogP contribution in [0.15, 0.2) is 28.7 Å². The molecule has 5 heteroatoms. The Morgan fingerprint density at radius 3 is 2.33 bits per heavy atom. The van der Waals surface area contributed by atoms with Gasteiger partial charge in [-0.2, -0.15) is 0 Å². The van der Waals surface area contributed by atoms with E-state index in [1.54, 1.807) is 6.92 Å². The van der Waals surface area contributed by atoms with E-state index in [0.29, 0.717) is 0 Å². The molecule has 1 aromatic carbocycles. The molecular formula is C10H14BrNO2S. The molecule has 0 amide bonds. The Labute approximate surface area is 98.7 Å². The normalized spacial score (nSPS) is 13.8. The van der Waals surface area contributed by atoms with Crippen molar-refractivity contribution < 1.29 is 8.42 Å². The Morgan fingerprint density at radius 1 is 1.33 bits per heavy atom. The van der Waals surface area contributed by atoms with Crippen molar-refractivity contribution in [2.45, 2.75) is 13.0 Å². The van der Waals surface area contributed by atoms with Crippen LogP contribution in [-0.4, -0.2) is 19.9 Å². The third-order valence-corrected chi connectivity index (χ3v) is 4.45. The fourth-order valence-electron chi connectivity index (χ4n) is 1.20. The van der Waals surface area contributed by atoms with Crippen molar-refractivity contribution in [3.05, 3.63) is 34.3 Å². The molecule has 0 aliphatic carbocycles. The van der Waals surface area contributed by atoms with E-state index in [2.05, 4.69) is 15.9 Å². The van der Waals surface area contributed by atoms with Gasteiger partial charge in [0.1, 0.15) is 0 Å². The number of rotatable bonds is 4. The number of sulfone groups is 1. The van der Waals surface area contributed by atoms with Gasteiger partial charge in [-0.3, -0.25) is 0 Å². The second kappa shape index (κ2) is 5.09. The Balaban J connectivity index is 2.78. The quantitative estimate of drug-likeness (QED) is 0.921. The molecule has 0 radical (unpaired) electrons. The summed E-state index contributed by atoms with van der Waals surface area (Å²) in [7, 11) is -3.01. The lowest BCUT2D eigenvalue weighted by Crippen LogP contribution is -2.22. The Bertz CT molecular complexity index is 414. The van der Waals surface area contributed by atoms with E-state index in [0.717, 1.165) is 10.0 Å². The summed E-state index contributed by atoms with van der Waals surface area (Å²) in [5.74, 6) is 0.141. The first-order valence-corrected chi connectivity index (χ1v) is 7.27. The predicted molar refractivity (Wildman–Crippen MR) is 65.4 cm³/mol. The summed E-state index contributed by atoms with van der Waals surface area (Å²) in [5, 5.41) is 0. The van der Waals surface area contributed by atoms with Gasteiger partial charge in [0, 0.05) is 16.3 Å². The van der Waals surface area contributed by atoms with Crippen molar-refractivity contribution >= 4 is 25.8 Å². The van der Waals surface area contributed by atoms with Crippen LogP contribution in [0.25, 0.3) is 0 Å². The molecule has 1 atom stereocenters. The molecule has 1 rings (SSSR count). The average Bonchev–Trinajstić information content (AvgIpc) is 2.18. The monoisotopic (exact) mass is 291 g/mol. The minimum atomic E-state index is -3.01. The highest BCUT2D eigenvalue weighted by Crippen LogP contribution is 2.16. The maximum atomic E-state index is 11.4. The van der Waals surface area contributed by atoms with E-state index in [1.165, 1.54) is 0 Å². The molecule has 1 aromatic rings. The molecule has 0 heterocycles. The predicted octanol–water partition coefficient (Wildman–Crippen LogP) is 1.88. The van der Waals surface area contributed by atoms with Crippen LogP contribution in [0.5, 0.6) is 0 Å². The first kappa shape index (κ1) is 12.7. The second-order valence-corrected chi connectivity index (χ2v) is 6.67. The van der Waals surface area contributed by atoms with Gasteiger partial charge in [-0.1, -0.05) is 35.0 Å². The van der Waals surface area contributed by atoms with E-state index < -0.39 is 15.9 Å². The van der Waals surface area contributed by atoms with Gasteiger partial charge < -0.3 is 5.73 Å². The number of halogens is 1. The van der Waals surface area contributed by atoms with Gasteiger partial charge in [0.15, 0.2) is 9.84 Å². The van der Waals surface area contributed by atoms with Crippen LogP contribution in [0.2, 0.25) is 0 Å². The lowest BCUT2D eigenvalue weighted by molar-refractivity contribution is 0.590. The summed E-state index contributed by atoms with van der Waals surface area (Å²) in [4.78, 5) is 0. The fourth-order valence-corrected chi connectivity index (χ4v) is 2.44. The molecule has 0 aromatic heterocycles. The van der Waals surface area contributed by atoms with E-state index in [-0.39, 0.29) is 11.5 Å². The van der Waals surface area contributed by atoms with Gasteiger partial charge in [-0.05, 0) is 17.7 Å². The molecule has 0 saturated heterocycles. The lowest BCUT2D eigenvalue weighted by Gasteiger charge is -2.11. The topological polar surface area (TPSA) is 60.2 Å². The maximum Gasteiger partial charge on any atom is 0.151 e. The summed E-state index contributed by atoms with van der Waals surface area (Å²) in [6, 6.07) is 6.93. The van der Waals surface area contributed by atoms with Crippen molar-refractivity contribution in [1.82, 2.24) is 0 Å². The fraction of sp³-hybridized carbons (Fsp3) is 0.400. The van der Waals surface area contributed by atoms with Crippen LogP contribution < -0.4 is 5.73 Å². The summed E-state index contributed by atoms with van der Waals surface area (Å²) in [6.45, 7) is 1.63. The molecule has 84 valence electrons. The average molecular weight is 292 g/mol. The van der Waals surface area contributed by atoms with Crippen molar-refractivity contribution in [3.8, 4) is 0 Å². The van der Waals surface area contributed by atoms with Crippen molar-refractivity contribution in [1.29, 1.82) is 0 Å². The zero-order chi connectivity index (χ0) is 11.5. The van der Waals surface area contributed by atoms with Crippen molar-refractivity contribution in [2.24, 2.45) is 5.73 Å². The van der Waals surface area contributed by atoms with Crippen LogP contribution in [0.1, 0.15) is 18.5 Å². The van der Waals surface area contributed by atoms with Gasteiger partial charge in [0.05, 0.1) is 5.75 Å². The van der Waals surface area contributed by atoms with Crippen LogP contribution in [0.3, 0.4) is 0 Å². The molecule has 0 unspecified atom stereocenters. The molecule has 3 nitrogen and oxygen atoms in total. The number of hydrogen-bond donors (Lipinski definition) is 1. The summed E-state index contributed by atoms with van der Waals surface area (Å²) >= 11 is 3.31. The molecule has 0 aliphatic heterocycles. The minimum Gasteiger partial charge on any atom is -0.323 e. The van der Waals surface area contributed by atoms with Crippen molar-refractivity contribution in [3.63, 3.8) is 0 Å². The first-order valence-electron chi connectivity index (χ1n) is 4.66. The van der Waals surface area contributed by atoms with Gasteiger partial charge in [0.2, 0.25) is 0 Å². The SMILES string of the molecule is CCS(=O)(=O)C[C@@H](N)c1ccc(Br)cc1. The number of benzene rings is 1. The molecule has 0 spiro atoms. The van der Waals surface area contributed by atoms with E-state index in [1.807, 2.05) is 24.3 Å². The van der Waals surface area contributed by atoms with E-state index in [9.17, 15) is 8.42 Å². The van der Waals surface area contributed by atoms with E-state index >= 15 is 0 Å². The molecule has 2 N–H and O–H groups in total. The van der Waals surface area contributed by atoms with Crippen LogP contribution in [-0.2, 0) is 9.84 Å². The summed E-state index contributed by atoms with van der Waals surface area (Å²) < 4.78 is 23.7. The third-order valence-electron chi connectivity index (χ3n) is 2.17. The smallest absolute Gasteiger partial charge is 0.151 e. The Kier molecular flexibility index (Phi) is 4.31. The highest BCUT2D eigenvalue weighted by atomic mass is 79.9. The van der Waals surface area contributed by atoms with E-state index in [4.69, 9.17) is 5.73 Å². The van der Waals surface area contributed by atoms with Gasteiger partial charge in [0.25, 0.3) is 0 Å². The van der Waals surface area contributed by atoms with Crippen molar-refractivity contribution in [2.75, 3.05) is 11.5 Å². The van der Waals surface area contributed by atoms with Crippen LogP contribution >= 0.6 is 15.9 Å². The third kappa shape index (κ3) is 3.93. The second-order valence-electron chi connectivity index (χ2n) is 3.36. The van der Waals surface area contributed by atoms with Gasteiger partial charge in [-0.25, -0.2) is 8.42 Å². The standard InChI is InChI=1S/C10H14BrNO2S/c1-2-15(13,14)7-10(12)8-3-5-9(11)6-4-8/h3-6,10H,2,7,12H2,1H3/t10-/m1/s1. The highest BCUT2D eigenvalue weighted by Gasteiger charge is 2.15. The minimum absolute atomic E-state index is 0.00509. The maximum absolute atomic E-state index is 11.4. The Morgan fingerprint density at radius 2 is 1.87 bits per heavy atom. The molecule has 0 aliphatic rings. The largest absolute Gasteiger partial charge is 0.323 e. The van der Waals surface area contributed by atoms with Crippen LogP contribution in [0.4, 0.5) is 0 Å². The Hall–Kier alpha value is -0.390. The number of hydrogen-bond acceptors (Lipinski definition) is 3. The summed E-state index contributed by atoms with van der Waals surface area (Å²) in [6.07, 6.45) is 0. The lowest BCUT2D eigenvalue weighted by atomic mass is 10.1. The zero-order valence-electron chi connectivity index (χ0n) is 8.48. The molecule has 0 fully saturated rings. The summed E-state index contributed by atoms with van der Waals surface area (Å²) in [5.41, 5.74) is 6.66. The molecule has 0 bridgehead atoms. The molecule has 0 saturated carbocycles. The first-order chi connectivity index (χ1) is 6.94. The van der Waals surface area contributed by atoms with Gasteiger partial charge >= 0.3 is 0 Å². The molecule has 15 heavy (non-hydrogen) atoms. The zero-order valence-corrected chi connectivity index (χ0v) is 10.9. The molecular weight excluding hydrogens is 278 g/mol. The highest BCUT2D eigenvalue weighted by molar-refractivity contribution is 9.10. The number of nitrogens with two attached hydrogens (primary N) is 1. The van der Waals surface area contributed by atoms with Gasteiger partial charge in [-0.15, -0.1) is 0 Å².